The zero-order chi connectivity index (χ0) is 19.9. The number of likely N-dealkylation sites (N-methyl/N-ethyl adjacent to an activating group) is 1. The molecular formula is C20H31N3O3. The first-order valence-corrected chi connectivity index (χ1v) is 9.11. The highest BCUT2D eigenvalue weighted by atomic mass is 16.2. The van der Waals surface area contributed by atoms with Crippen molar-refractivity contribution in [1.82, 2.24) is 15.5 Å². The number of rotatable bonds is 8. The van der Waals surface area contributed by atoms with E-state index in [1.807, 2.05) is 53.7 Å². The molecule has 1 rings (SSSR count). The standard InChI is InChI=1S/C20H31N3O3/c1-7-23(12-17(24)21-14(4)5)20(26)18(13(2)3)22-19(25)16-10-8-9-15(6)11-16/h8-11,13-14,18H,7,12H2,1-6H3,(H,21,24)(H,22,25)/t18-/m1/s1. The Labute approximate surface area is 156 Å². The van der Waals surface area contributed by atoms with Crippen molar-refractivity contribution in [1.29, 1.82) is 0 Å². The molecule has 1 aromatic rings. The second-order valence-corrected chi connectivity index (χ2v) is 7.14. The summed E-state index contributed by atoms with van der Waals surface area (Å²) in [4.78, 5) is 38.9. The number of amides is 3. The van der Waals surface area contributed by atoms with Gasteiger partial charge in [0.05, 0.1) is 6.54 Å². The molecule has 3 amide bonds. The van der Waals surface area contributed by atoms with E-state index in [2.05, 4.69) is 10.6 Å². The summed E-state index contributed by atoms with van der Waals surface area (Å²) in [6, 6.07) is 6.55. The van der Waals surface area contributed by atoms with Gasteiger partial charge in [-0.2, -0.15) is 0 Å². The molecule has 1 atom stereocenters. The number of carbonyl (C=O) groups is 3. The predicted octanol–water partition coefficient (Wildman–Crippen LogP) is 2.12. The van der Waals surface area contributed by atoms with E-state index in [1.165, 1.54) is 4.90 Å². The Balaban J connectivity index is 2.88. The van der Waals surface area contributed by atoms with Crippen LogP contribution in [0.5, 0.6) is 0 Å². The first kappa shape index (κ1) is 21.7. The number of nitrogens with zero attached hydrogens (tertiary/aromatic N) is 1. The fourth-order valence-corrected chi connectivity index (χ4v) is 2.61. The van der Waals surface area contributed by atoms with E-state index in [1.54, 1.807) is 12.1 Å². The minimum Gasteiger partial charge on any atom is -0.352 e. The number of nitrogens with one attached hydrogen (secondary N) is 2. The zero-order valence-electron chi connectivity index (χ0n) is 16.6. The highest BCUT2D eigenvalue weighted by molar-refractivity contribution is 5.98. The van der Waals surface area contributed by atoms with Crippen LogP contribution in [0.2, 0.25) is 0 Å². The van der Waals surface area contributed by atoms with Crippen LogP contribution in [0, 0.1) is 12.8 Å². The van der Waals surface area contributed by atoms with Crippen LogP contribution in [-0.2, 0) is 9.59 Å². The summed E-state index contributed by atoms with van der Waals surface area (Å²) >= 11 is 0. The smallest absolute Gasteiger partial charge is 0.251 e. The van der Waals surface area contributed by atoms with Crippen molar-refractivity contribution in [2.45, 2.75) is 53.6 Å². The van der Waals surface area contributed by atoms with Gasteiger partial charge in [-0.3, -0.25) is 14.4 Å². The van der Waals surface area contributed by atoms with Gasteiger partial charge in [0.25, 0.3) is 5.91 Å². The van der Waals surface area contributed by atoms with Crippen molar-refractivity contribution in [3.63, 3.8) is 0 Å². The van der Waals surface area contributed by atoms with Gasteiger partial charge in [-0.15, -0.1) is 0 Å². The molecule has 0 aromatic heterocycles. The van der Waals surface area contributed by atoms with Gasteiger partial charge in [0, 0.05) is 18.2 Å². The molecule has 26 heavy (non-hydrogen) atoms. The largest absolute Gasteiger partial charge is 0.352 e. The molecule has 0 spiro atoms. The lowest BCUT2D eigenvalue weighted by molar-refractivity contribution is -0.138. The summed E-state index contributed by atoms with van der Waals surface area (Å²) in [6.07, 6.45) is 0. The topological polar surface area (TPSA) is 78.5 Å². The maximum Gasteiger partial charge on any atom is 0.251 e. The van der Waals surface area contributed by atoms with E-state index >= 15 is 0 Å². The quantitative estimate of drug-likeness (QED) is 0.744. The average molecular weight is 361 g/mol. The Morgan fingerprint density at radius 1 is 1.08 bits per heavy atom. The zero-order valence-corrected chi connectivity index (χ0v) is 16.6. The van der Waals surface area contributed by atoms with Crippen LogP contribution in [0.25, 0.3) is 0 Å². The molecule has 0 aliphatic rings. The van der Waals surface area contributed by atoms with Crippen molar-refractivity contribution < 1.29 is 14.4 Å². The molecule has 2 N–H and O–H groups in total. The fourth-order valence-electron chi connectivity index (χ4n) is 2.61. The van der Waals surface area contributed by atoms with Gasteiger partial charge in [-0.1, -0.05) is 31.5 Å². The minimum absolute atomic E-state index is 0.0122. The second-order valence-electron chi connectivity index (χ2n) is 7.14. The van der Waals surface area contributed by atoms with E-state index in [9.17, 15) is 14.4 Å². The van der Waals surface area contributed by atoms with E-state index in [-0.39, 0.29) is 36.2 Å². The van der Waals surface area contributed by atoms with Gasteiger partial charge < -0.3 is 15.5 Å². The molecule has 6 nitrogen and oxygen atoms in total. The highest BCUT2D eigenvalue weighted by Crippen LogP contribution is 2.10. The summed E-state index contributed by atoms with van der Waals surface area (Å²) in [7, 11) is 0. The summed E-state index contributed by atoms with van der Waals surface area (Å²) < 4.78 is 0. The first-order valence-electron chi connectivity index (χ1n) is 9.11. The summed E-state index contributed by atoms with van der Waals surface area (Å²) in [6.45, 7) is 11.6. The number of aryl methyl sites for hydroxylation is 1. The Bertz CT molecular complexity index is 641. The maximum absolute atomic E-state index is 12.9. The Hall–Kier alpha value is -2.37. The predicted molar refractivity (Wildman–Crippen MR) is 103 cm³/mol. The molecule has 144 valence electrons. The highest BCUT2D eigenvalue weighted by Gasteiger charge is 2.29. The number of hydrogen-bond donors (Lipinski definition) is 2. The Morgan fingerprint density at radius 2 is 1.73 bits per heavy atom. The monoisotopic (exact) mass is 361 g/mol. The van der Waals surface area contributed by atoms with Gasteiger partial charge in [-0.05, 0) is 45.7 Å². The lowest BCUT2D eigenvalue weighted by Crippen LogP contribution is -2.53. The number of hydrogen-bond acceptors (Lipinski definition) is 3. The second kappa shape index (κ2) is 9.94. The SMILES string of the molecule is CCN(CC(=O)NC(C)C)C(=O)[C@H](NC(=O)c1cccc(C)c1)C(C)C. The molecule has 0 fully saturated rings. The van der Waals surface area contributed by atoms with Gasteiger partial charge in [0.15, 0.2) is 0 Å². The third-order valence-electron chi connectivity index (χ3n) is 3.98. The molecule has 0 radical (unpaired) electrons. The molecule has 0 bridgehead atoms. The van der Waals surface area contributed by atoms with Crippen LogP contribution < -0.4 is 10.6 Å². The average Bonchev–Trinajstić information content (AvgIpc) is 2.55. The van der Waals surface area contributed by atoms with Gasteiger partial charge in [0.1, 0.15) is 6.04 Å². The first-order chi connectivity index (χ1) is 12.1. The molecule has 1 aromatic carbocycles. The van der Waals surface area contributed by atoms with Crippen molar-refractivity contribution in [2.24, 2.45) is 5.92 Å². The van der Waals surface area contributed by atoms with Crippen molar-refractivity contribution in [2.75, 3.05) is 13.1 Å². The molecule has 0 unspecified atom stereocenters. The van der Waals surface area contributed by atoms with Crippen molar-refractivity contribution >= 4 is 17.7 Å². The summed E-state index contributed by atoms with van der Waals surface area (Å²) in [5.41, 5.74) is 1.50. The van der Waals surface area contributed by atoms with E-state index < -0.39 is 6.04 Å². The number of benzene rings is 1. The van der Waals surface area contributed by atoms with Crippen LogP contribution in [0.4, 0.5) is 0 Å². The van der Waals surface area contributed by atoms with Crippen LogP contribution in [0.1, 0.15) is 50.5 Å². The Morgan fingerprint density at radius 3 is 2.23 bits per heavy atom. The molecule has 0 heterocycles. The molecule has 6 heteroatoms. The maximum atomic E-state index is 12.9. The van der Waals surface area contributed by atoms with Gasteiger partial charge in [0.2, 0.25) is 11.8 Å². The van der Waals surface area contributed by atoms with Crippen molar-refractivity contribution in [3.8, 4) is 0 Å². The van der Waals surface area contributed by atoms with Crippen LogP contribution in [0.15, 0.2) is 24.3 Å². The fraction of sp³-hybridized carbons (Fsp3) is 0.550. The molecule has 0 saturated carbocycles. The lowest BCUT2D eigenvalue weighted by Gasteiger charge is -2.29. The molecular weight excluding hydrogens is 330 g/mol. The van der Waals surface area contributed by atoms with Crippen LogP contribution in [-0.4, -0.2) is 47.8 Å². The molecule has 0 aliphatic carbocycles. The summed E-state index contributed by atoms with van der Waals surface area (Å²) in [5, 5.41) is 5.61. The minimum atomic E-state index is -0.685. The van der Waals surface area contributed by atoms with Crippen LogP contribution in [0.3, 0.4) is 0 Å². The molecule has 0 saturated heterocycles. The third kappa shape index (κ3) is 6.50. The summed E-state index contributed by atoms with van der Waals surface area (Å²) in [5.74, 6) is -0.841. The Kier molecular flexibility index (Phi) is 8.29. The van der Waals surface area contributed by atoms with E-state index in [4.69, 9.17) is 0 Å². The van der Waals surface area contributed by atoms with E-state index in [0.717, 1.165) is 5.56 Å². The van der Waals surface area contributed by atoms with E-state index in [0.29, 0.717) is 12.1 Å². The van der Waals surface area contributed by atoms with Crippen molar-refractivity contribution in [3.05, 3.63) is 35.4 Å². The van der Waals surface area contributed by atoms with Gasteiger partial charge >= 0.3 is 0 Å². The third-order valence-corrected chi connectivity index (χ3v) is 3.98. The lowest BCUT2D eigenvalue weighted by atomic mass is 10.0. The number of carbonyl (C=O) groups excluding carboxylic acids is 3. The normalized spacial score (nSPS) is 12.0. The molecule has 0 aliphatic heterocycles. The van der Waals surface area contributed by atoms with Gasteiger partial charge in [-0.25, -0.2) is 0 Å². The van der Waals surface area contributed by atoms with Crippen LogP contribution >= 0.6 is 0 Å².